The van der Waals surface area contributed by atoms with Gasteiger partial charge in [-0.1, -0.05) is 78.9 Å². The number of hydrogen-bond donors (Lipinski definition) is 0. The third-order valence-electron chi connectivity index (χ3n) is 5.42. The minimum atomic E-state index is 0.0526. The molecule has 0 N–H and O–H groups in total. The molecule has 4 heteroatoms. The summed E-state index contributed by atoms with van der Waals surface area (Å²) in [7, 11) is 2.16. The van der Waals surface area contributed by atoms with Crippen molar-refractivity contribution in [1.82, 2.24) is 9.97 Å². The van der Waals surface area contributed by atoms with E-state index in [0.717, 1.165) is 28.8 Å². The highest BCUT2D eigenvalue weighted by atomic mass is 32.1. The molecule has 0 bridgehead atoms. The lowest BCUT2D eigenvalue weighted by molar-refractivity contribution is -0.648. The molecule has 0 amide bonds. The Hall–Kier alpha value is -3.11. The highest BCUT2D eigenvalue weighted by molar-refractivity contribution is 7.18. The van der Waals surface area contributed by atoms with Crippen LogP contribution in [0, 0.1) is 0 Å². The minimum Gasteiger partial charge on any atom is -0.236 e. The van der Waals surface area contributed by atoms with Crippen LogP contribution in [0.2, 0.25) is 0 Å². The van der Waals surface area contributed by atoms with Crippen LogP contribution in [0.15, 0.2) is 78.9 Å². The highest BCUT2D eigenvalue weighted by Crippen LogP contribution is 2.37. The van der Waals surface area contributed by atoms with Gasteiger partial charge in [0.15, 0.2) is 0 Å². The zero-order valence-corrected chi connectivity index (χ0v) is 17.4. The van der Waals surface area contributed by atoms with Crippen LogP contribution in [0.3, 0.4) is 0 Å². The monoisotopic (exact) mass is 396 g/mol. The third kappa shape index (κ3) is 3.10. The largest absolute Gasteiger partial charge is 0.251 e. The summed E-state index contributed by atoms with van der Waals surface area (Å²) in [6.45, 7) is 2.12. The van der Waals surface area contributed by atoms with E-state index < -0.39 is 0 Å². The molecule has 5 aromatic rings. The second-order valence-corrected chi connectivity index (χ2v) is 8.27. The topological polar surface area (TPSA) is 29.7 Å². The maximum Gasteiger partial charge on any atom is 0.251 e. The fourth-order valence-electron chi connectivity index (χ4n) is 3.97. The van der Waals surface area contributed by atoms with Crippen LogP contribution in [-0.2, 0) is 13.5 Å². The molecule has 3 nitrogen and oxygen atoms in total. The summed E-state index contributed by atoms with van der Waals surface area (Å²) in [5.74, 6) is 0.945. The van der Waals surface area contributed by atoms with E-state index in [1.165, 1.54) is 20.8 Å². The van der Waals surface area contributed by atoms with Crippen molar-refractivity contribution in [3.63, 3.8) is 0 Å². The standard InChI is InChI=1S/C25H22N3S/c1-3-22-26-19-14-8-7-13-18(19)24(27-22)23(17-11-5-4-6-12-17)25-28(2)20-15-9-10-16-21(20)29-25/h4-16,23H,3H2,1-2H3/q+1. The predicted octanol–water partition coefficient (Wildman–Crippen LogP) is 5.41. The van der Waals surface area contributed by atoms with Crippen LogP contribution in [0.4, 0.5) is 0 Å². The number of benzene rings is 3. The number of thiazole rings is 1. The molecular formula is C25H22N3S+. The lowest BCUT2D eigenvalue weighted by atomic mass is 9.93. The molecule has 1 unspecified atom stereocenters. The molecule has 0 spiro atoms. The first kappa shape index (κ1) is 18.0. The van der Waals surface area contributed by atoms with Crippen molar-refractivity contribution in [1.29, 1.82) is 0 Å². The van der Waals surface area contributed by atoms with Crippen molar-refractivity contribution in [2.24, 2.45) is 7.05 Å². The Morgan fingerprint density at radius 1 is 0.862 bits per heavy atom. The van der Waals surface area contributed by atoms with Gasteiger partial charge in [-0.25, -0.2) is 9.97 Å². The molecule has 3 aromatic carbocycles. The molecule has 0 saturated carbocycles. The molecule has 2 heterocycles. The van der Waals surface area contributed by atoms with E-state index in [4.69, 9.17) is 9.97 Å². The van der Waals surface area contributed by atoms with E-state index in [2.05, 4.69) is 97.4 Å². The Morgan fingerprint density at radius 2 is 1.59 bits per heavy atom. The number of rotatable bonds is 4. The van der Waals surface area contributed by atoms with E-state index in [1.807, 2.05) is 11.3 Å². The first-order valence-electron chi connectivity index (χ1n) is 9.94. The van der Waals surface area contributed by atoms with Gasteiger partial charge < -0.3 is 0 Å². The van der Waals surface area contributed by atoms with Crippen molar-refractivity contribution in [3.05, 3.63) is 101 Å². The molecule has 0 fully saturated rings. The van der Waals surface area contributed by atoms with Gasteiger partial charge in [-0.2, -0.15) is 4.57 Å². The first-order valence-corrected chi connectivity index (χ1v) is 10.8. The number of fused-ring (bicyclic) bond motifs is 2. The summed E-state index contributed by atoms with van der Waals surface area (Å²) in [5, 5.41) is 2.40. The summed E-state index contributed by atoms with van der Waals surface area (Å²) in [6.07, 6.45) is 0.817. The van der Waals surface area contributed by atoms with Crippen molar-refractivity contribution in [2.75, 3.05) is 0 Å². The molecule has 0 radical (unpaired) electrons. The molecule has 0 aliphatic rings. The Morgan fingerprint density at radius 3 is 2.38 bits per heavy atom. The van der Waals surface area contributed by atoms with Crippen molar-refractivity contribution < 1.29 is 4.57 Å². The maximum atomic E-state index is 5.07. The molecule has 142 valence electrons. The summed E-state index contributed by atoms with van der Waals surface area (Å²) < 4.78 is 3.61. The SMILES string of the molecule is CCc1nc(C(c2ccccc2)c2sc3ccccc3[n+]2C)c2ccccc2n1. The lowest BCUT2D eigenvalue weighted by Gasteiger charge is -2.16. The Kier molecular flexibility index (Phi) is 4.57. The van der Waals surface area contributed by atoms with E-state index in [1.54, 1.807) is 0 Å². The van der Waals surface area contributed by atoms with Crippen molar-refractivity contribution in [3.8, 4) is 0 Å². The van der Waals surface area contributed by atoms with Crippen molar-refractivity contribution in [2.45, 2.75) is 19.3 Å². The second kappa shape index (κ2) is 7.37. The lowest BCUT2D eigenvalue weighted by Crippen LogP contribution is -2.33. The average molecular weight is 397 g/mol. The van der Waals surface area contributed by atoms with Gasteiger partial charge in [0.2, 0.25) is 5.52 Å². The maximum absolute atomic E-state index is 5.07. The van der Waals surface area contributed by atoms with E-state index in [-0.39, 0.29) is 5.92 Å². The molecular weight excluding hydrogens is 374 g/mol. The Balaban J connectivity index is 1.85. The highest BCUT2D eigenvalue weighted by Gasteiger charge is 2.31. The van der Waals surface area contributed by atoms with Gasteiger partial charge in [-0.3, -0.25) is 0 Å². The van der Waals surface area contributed by atoms with Gasteiger partial charge >= 0.3 is 0 Å². The van der Waals surface area contributed by atoms with E-state index in [0.29, 0.717) is 0 Å². The van der Waals surface area contributed by atoms with E-state index in [9.17, 15) is 0 Å². The second-order valence-electron chi connectivity index (χ2n) is 7.21. The summed E-state index contributed by atoms with van der Waals surface area (Å²) >= 11 is 1.85. The number of aromatic nitrogens is 3. The average Bonchev–Trinajstić information content (AvgIpc) is 3.11. The summed E-state index contributed by atoms with van der Waals surface area (Å²) in [6, 6.07) is 27.7. The quantitative estimate of drug-likeness (QED) is 0.380. The minimum absolute atomic E-state index is 0.0526. The Bertz CT molecular complexity index is 1310. The van der Waals surface area contributed by atoms with Crippen LogP contribution in [0.5, 0.6) is 0 Å². The van der Waals surface area contributed by atoms with Crippen LogP contribution in [-0.4, -0.2) is 9.97 Å². The Labute approximate surface area is 174 Å². The molecule has 2 aromatic heterocycles. The van der Waals surface area contributed by atoms with Gasteiger partial charge in [0.1, 0.15) is 23.5 Å². The van der Waals surface area contributed by atoms with Crippen LogP contribution in [0.1, 0.15) is 34.9 Å². The van der Waals surface area contributed by atoms with Crippen LogP contribution < -0.4 is 4.57 Å². The van der Waals surface area contributed by atoms with Crippen molar-refractivity contribution >= 4 is 32.5 Å². The zero-order chi connectivity index (χ0) is 19.8. The first-order chi connectivity index (χ1) is 14.3. The molecule has 29 heavy (non-hydrogen) atoms. The molecule has 5 rings (SSSR count). The number of aryl methyl sites for hydroxylation is 2. The number of para-hydroxylation sites is 2. The number of nitrogens with zero attached hydrogens (tertiary/aromatic N) is 3. The fraction of sp³-hybridized carbons (Fsp3) is 0.160. The summed E-state index contributed by atoms with van der Waals surface area (Å²) in [5.41, 5.74) is 4.60. The van der Waals surface area contributed by atoms with Gasteiger partial charge in [0.05, 0.1) is 11.2 Å². The molecule has 0 aliphatic heterocycles. The normalized spacial score (nSPS) is 12.5. The predicted molar refractivity (Wildman–Crippen MR) is 119 cm³/mol. The van der Waals surface area contributed by atoms with Gasteiger partial charge in [-0.15, -0.1) is 0 Å². The van der Waals surface area contributed by atoms with Crippen LogP contribution in [0.25, 0.3) is 21.1 Å². The number of hydrogen-bond acceptors (Lipinski definition) is 3. The molecule has 1 atom stereocenters. The van der Waals surface area contributed by atoms with Crippen LogP contribution >= 0.6 is 11.3 Å². The summed E-state index contributed by atoms with van der Waals surface area (Å²) in [4.78, 5) is 9.84. The third-order valence-corrected chi connectivity index (χ3v) is 6.70. The van der Waals surface area contributed by atoms with Gasteiger partial charge in [0.25, 0.3) is 5.01 Å². The molecule has 0 aliphatic carbocycles. The smallest absolute Gasteiger partial charge is 0.236 e. The van der Waals surface area contributed by atoms with Gasteiger partial charge in [0, 0.05) is 17.9 Å². The fourth-order valence-corrected chi connectivity index (χ4v) is 5.25. The zero-order valence-electron chi connectivity index (χ0n) is 16.5. The van der Waals surface area contributed by atoms with Gasteiger partial charge in [-0.05, 0) is 17.7 Å². The molecule has 0 saturated heterocycles. The van der Waals surface area contributed by atoms with E-state index >= 15 is 0 Å².